The van der Waals surface area contributed by atoms with E-state index in [1.807, 2.05) is 13.8 Å². The molecule has 0 fully saturated rings. The lowest BCUT2D eigenvalue weighted by molar-refractivity contribution is 0.0953. The van der Waals surface area contributed by atoms with Crippen molar-refractivity contribution in [2.45, 2.75) is 31.9 Å². The minimum atomic E-state index is -0.906. The maximum atomic E-state index is 13.8. The summed E-state index contributed by atoms with van der Waals surface area (Å²) >= 11 is 0. The van der Waals surface area contributed by atoms with Crippen LogP contribution in [0, 0.1) is 5.82 Å². The molecule has 0 heterocycles. The summed E-state index contributed by atoms with van der Waals surface area (Å²) in [5, 5.41) is 5.72. The van der Waals surface area contributed by atoms with Gasteiger partial charge in [-0.25, -0.2) is 4.39 Å². The van der Waals surface area contributed by atoms with E-state index in [4.69, 9.17) is 0 Å². The maximum Gasteiger partial charge on any atom is 0.253 e. The topological polar surface area (TPSA) is 58.2 Å². The van der Waals surface area contributed by atoms with Crippen LogP contribution in [0.2, 0.25) is 0 Å². The van der Waals surface area contributed by atoms with Crippen LogP contribution in [-0.2, 0) is 10.8 Å². The van der Waals surface area contributed by atoms with Crippen LogP contribution < -0.4 is 10.6 Å². The Bertz CT molecular complexity index is 508. The summed E-state index contributed by atoms with van der Waals surface area (Å²) < 4.78 is 25.1. The SMILES string of the molecule is CCCNc1c(F)cccc1C(=O)NCCC(C)S(C)=O. The first-order valence-corrected chi connectivity index (χ1v) is 8.72. The van der Waals surface area contributed by atoms with Crippen LogP contribution in [0.4, 0.5) is 10.1 Å². The molecule has 2 atom stereocenters. The highest BCUT2D eigenvalue weighted by Crippen LogP contribution is 2.19. The second kappa shape index (κ2) is 8.77. The summed E-state index contributed by atoms with van der Waals surface area (Å²) in [6, 6.07) is 4.44. The predicted octanol–water partition coefficient (Wildman–Crippen LogP) is 2.53. The number of halogens is 1. The number of anilines is 1. The molecule has 0 aromatic heterocycles. The molecule has 1 aromatic rings. The van der Waals surface area contributed by atoms with E-state index in [9.17, 15) is 13.4 Å². The van der Waals surface area contributed by atoms with E-state index in [0.29, 0.717) is 25.1 Å². The van der Waals surface area contributed by atoms with Gasteiger partial charge in [0.15, 0.2) is 0 Å². The Morgan fingerprint density at radius 1 is 1.38 bits per heavy atom. The van der Waals surface area contributed by atoms with Crippen LogP contribution in [-0.4, -0.2) is 34.7 Å². The summed E-state index contributed by atoms with van der Waals surface area (Å²) in [7, 11) is -0.906. The molecule has 0 spiro atoms. The molecule has 0 aliphatic heterocycles. The number of amides is 1. The molecular formula is C15H23FN2O2S. The molecule has 2 unspecified atom stereocenters. The fraction of sp³-hybridized carbons (Fsp3) is 0.533. The van der Waals surface area contributed by atoms with E-state index in [1.54, 1.807) is 12.3 Å². The Morgan fingerprint density at radius 2 is 2.10 bits per heavy atom. The quantitative estimate of drug-likeness (QED) is 0.775. The van der Waals surface area contributed by atoms with Crippen molar-refractivity contribution in [3.05, 3.63) is 29.6 Å². The molecule has 1 aromatic carbocycles. The molecule has 6 heteroatoms. The lowest BCUT2D eigenvalue weighted by Gasteiger charge is -2.13. The predicted molar refractivity (Wildman–Crippen MR) is 85.7 cm³/mol. The average Bonchev–Trinajstić information content (AvgIpc) is 2.45. The zero-order chi connectivity index (χ0) is 15.8. The molecule has 118 valence electrons. The van der Waals surface area contributed by atoms with E-state index in [-0.39, 0.29) is 16.8 Å². The third-order valence-corrected chi connectivity index (χ3v) is 4.58. The number of nitrogens with one attached hydrogen (secondary N) is 2. The van der Waals surface area contributed by atoms with Crippen molar-refractivity contribution >= 4 is 22.4 Å². The van der Waals surface area contributed by atoms with E-state index in [1.165, 1.54) is 12.1 Å². The van der Waals surface area contributed by atoms with Gasteiger partial charge < -0.3 is 10.6 Å². The van der Waals surface area contributed by atoms with Gasteiger partial charge >= 0.3 is 0 Å². The van der Waals surface area contributed by atoms with Gasteiger partial charge in [0.2, 0.25) is 0 Å². The van der Waals surface area contributed by atoms with Gasteiger partial charge in [0.05, 0.1) is 11.3 Å². The molecule has 2 N–H and O–H groups in total. The van der Waals surface area contributed by atoms with Gasteiger partial charge in [-0.3, -0.25) is 9.00 Å². The van der Waals surface area contributed by atoms with Gasteiger partial charge in [-0.15, -0.1) is 0 Å². The van der Waals surface area contributed by atoms with Crippen LogP contribution in [0.1, 0.15) is 37.0 Å². The number of para-hydroxylation sites is 1. The van der Waals surface area contributed by atoms with Crippen molar-refractivity contribution in [2.24, 2.45) is 0 Å². The Balaban J connectivity index is 2.69. The summed E-state index contributed by atoms with van der Waals surface area (Å²) in [6.45, 7) is 4.87. The van der Waals surface area contributed by atoms with Crippen LogP contribution in [0.5, 0.6) is 0 Å². The number of benzene rings is 1. The number of hydrogen-bond donors (Lipinski definition) is 2. The standard InChI is InChI=1S/C15H23FN2O2S/c1-4-9-17-14-12(6-5-7-13(14)16)15(19)18-10-8-11(2)21(3)20/h5-7,11,17H,4,8-10H2,1-3H3,(H,18,19). The van der Waals surface area contributed by atoms with E-state index in [2.05, 4.69) is 10.6 Å². The maximum absolute atomic E-state index is 13.8. The smallest absolute Gasteiger partial charge is 0.253 e. The van der Waals surface area contributed by atoms with Crippen molar-refractivity contribution in [3.8, 4) is 0 Å². The molecule has 0 saturated carbocycles. The van der Waals surface area contributed by atoms with Gasteiger partial charge in [-0.2, -0.15) is 0 Å². The summed E-state index contributed by atoms with van der Waals surface area (Å²) in [6.07, 6.45) is 3.11. The van der Waals surface area contributed by atoms with Gasteiger partial charge in [0, 0.05) is 35.4 Å². The molecule has 1 rings (SSSR count). The number of hydrogen-bond acceptors (Lipinski definition) is 3. The molecule has 1 amide bonds. The minimum absolute atomic E-state index is 0.0236. The third kappa shape index (κ3) is 5.46. The average molecular weight is 314 g/mol. The highest BCUT2D eigenvalue weighted by Gasteiger charge is 2.15. The van der Waals surface area contributed by atoms with Gasteiger partial charge in [-0.1, -0.05) is 19.9 Å². The fourth-order valence-electron chi connectivity index (χ4n) is 1.79. The highest BCUT2D eigenvalue weighted by atomic mass is 32.2. The molecule has 21 heavy (non-hydrogen) atoms. The number of carbonyl (C=O) groups excluding carboxylic acids is 1. The second-order valence-electron chi connectivity index (χ2n) is 4.94. The number of rotatable bonds is 8. The van der Waals surface area contributed by atoms with Crippen molar-refractivity contribution in [2.75, 3.05) is 24.7 Å². The first-order chi connectivity index (χ1) is 9.97. The molecular weight excluding hydrogens is 291 g/mol. The Kier molecular flexibility index (Phi) is 7.36. The van der Waals surface area contributed by atoms with Crippen molar-refractivity contribution in [3.63, 3.8) is 0 Å². The van der Waals surface area contributed by atoms with Crippen LogP contribution in [0.25, 0.3) is 0 Å². The van der Waals surface area contributed by atoms with Gasteiger partial charge in [0.1, 0.15) is 5.82 Å². The Labute approximate surface area is 128 Å². The van der Waals surface area contributed by atoms with Crippen molar-refractivity contribution in [1.29, 1.82) is 0 Å². The van der Waals surface area contributed by atoms with E-state index >= 15 is 0 Å². The fourth-order valence-corrected chi connectivity index (χ4v) is 2.24. The monoisotopic (exact) mass is 314 g/mol. The summed E-state index contributed by atoms with van der Waals surface area (Å²) in [4.78, 5) is 12.1. The lowest BCUT2D eigenvalue weighted by atomic mass is 10.1. The first kappa shape index (κ1) is 17.6. The Hall–Kier alpha value is -1.43. The molecule has 0 saturated heterocycles. The molecule has 0 aliphatic carbocycles. The molecule has 0 radical (unpaired) electrons. The molecule has 4 nitrogen and oxygen atoms in total. The van der Waals surface area contributed by atoms with Crippen molar-refractivity contribution < 1.29 is 13.4 Å². The Morgan fingerprint density at radius 3 is 2.71 bits per heavy atom. The van der Waals surface area contributed by atoms with Crippen molar-refractivity contribution in [1.82, 2.24) is 5.32 Å². The zero-order valence-electron chi connectivity index (χ0n) is 12.7. The second-order valence-corrected chi connectivity index (χ2v) is 6.74. The molecule has 0 aliphatic rings. The summed E-state index contributed by atoms with van der Waals surface area (Å²) in [5.41, 5.74) is 0.540. The highest BCUT2D eigenvalue weighted by molar-refractivity contribution is 7.84. The van der Waals surface area contributed by atoms with Crippen LogP contribution in [0.15, 0.2) is 18.2 Å². The molecule has 0 bridgehead atoms. The summed E-state index contributed by atoms with van der Waals surface area (Å²) in [5.74, 6) is -0.749. The van der Waals surface area contributed by atoms with E-state index < -0.39 is 16.6 Å². The largest absolute Gasteiger partial charge is 0.382 e. The van der Waals surface area contributed by atoms with E-state index in [0.717, 1.165) is 6.42 Å². The van der Waals surface area contributed by atoms with Crippen LogP contribution in [0.3, 0.4) is 0 Å². The number of carbonyl (C=O) groups is 1. The zero-order valence-corrected chi connectivity index (χ0v) is 13.6. The third-order valence-electron chi connectivity index (χ3n) is 3.21. The lowest BCUT2D eigenvalue weighted by Crippen LogP contribution is -2.28. The minimum Gasteiger partial charge on any atom is -0.382 e. The van der Waals surface area contributed by atoms with Gasteiger partial charge in [0.25, 0.3) is 5.91 Å². The first-order valence-electron chi connectivity index (χ1n) is 7.10. The normalized spacial score (nSPS) is 13.5. The van der Waals surface area contributed by atoms with Crippen LogP contribution >= 0.6 is 0 Å². The van der Waals surface area contributed by atoms with Gasteiger partial charge in [-0.05, 0) is 25.0 Å².